The highest BCUT2D eigenvalue weighted by Crippen LogP contribution is 2.27. The van der Waals surface area contributed by atoms with Crippen LogP contribution in [0.15, 0.2) is 33.6 Å². The van der Waals surface area contributed by atoms with Crippen LogP contribution in [0.4, 0.5) is 5.13 Å². The third-order valence-electron chi connectivity index (χ3n) is 3.65. The second kappa shape index (κ2) is 7.12. The minimum atomic E-state index is -3.71. The molecule has 0 radical (unpaired) electrons. The monoisotopic (exact) mass is 393 g/mol. The molecule has 1 aliphatic heterocycles. The summed E-state index contributed by atoms with van der Waals surface area (Å²) in [4.78, 5) is 13.9. The third-order valence-corrected chi connectivity index (χ3v) is 5.84. The zero-order valence-electron chi connectivity index (χ0n) is 14.6. The van der Waals surface area contributed by atoms with Crippen molar-refractivity contribution in [3.8, 4) is 0 Å². The summed E-state index contributed by atoms with van der Waals surface area (Å²) >= 11 is 1.34. The number of anilines is 1. The molecule has 0 spiro atoms. The van der Waals surface area contributed by atoms with Crippen molar-refractivity contribution in [1.82, 2.24) is 15.1 Å². The van der Waals surface area contributed by atoms with Gasteiger partial charge in [0.05, 0.1) is 6.54 Å². The molecule has 10 heteroatoms. The van der Waals surface area contributed by atoms with E-state index in [-0.39, 0.29) is 23.2 Å². The van der Waals surface area contributed by atoms with Crippen molar-refractivity contribution in [2.24, 2.45) is 10.3 Å². The molecule has 1 aliphatic rings. The second-order valence-electron chi connectivity index (χ2n) is 6.39. The largest absolute Gasteiger partial charge is 0.349 e. The topological polar surface area (TPSA) is 105 Å². The maximum Gasteiger partial charge on any atom is 0.285 e. The van der Waals surface area contributed by atoms with E-state index in [2.05, 4.69) is 33.8 Å². The van der Waals surface area contributed by atoms with Gasteiger partial charge in [0.15, 0.2) is 5.84 Å². The number of amides is 1. The van der Waals surface area contributed by atoms with Gasteiger partial charge < -0.3 is 4.90 Å². The van der Waals surface area contributed by atoms with Crippen molar-refractivity contribution in [2.45, 2.75) is 25.2 Å². The van der Waals surface area contributed by atoms with Crippen LogP contribution in [-0.4, -0.2) is 48.9 Å². The van der Waals surface area contributed by atoms with Gasteiger partial charge in [0, 0.05) is 19.0 Å². The SMILES string of the molecule is CC(C)Cc1nnc(NC(=O)CN(C)C2=NS(=O)(=O)c3ccccc32)s1. The van der Waals surface area contributed by atoms with Gasteiger partial charge in [-0.05, 0) is 18.1 Å². The number of rotatable bonds is 5. The maximum absolute atomic E-state index is 12.3. The average Bonchev–Trinajstić information content (AvgIpc) is 3.09. The van der Waals surface area contributed by atoms with E-state index in [0.717, 1.165) is 11.4 Å². The molecule has 2 aromatic rings. The fourth-order valence-corrected chi connectivity index (χ4v) is 4.77. The lowest BCUT2D eigenvalue weighted by Gasteiger charge is -2.17. The summed E-state index contributed by atoms with van der Waals surface area (Å²) in [5.74, 6) is 0.401. The van der Waals surface area contributed by atoms with Crippen molar-refractivity contribution in [1.29, 1.82) is 0 Å². The summed E-state index contributed by atoms with van der Waals surface area (Å²) in [6.07, 6.45) is 0.804. The van der Waals surface area contributed by atoms with Crippen LogP contribution >= 0.6 is 11.3 Å². The zero-order valence-corrected chi connectivity index (χ0v) is 16.3. The first kappa shape index (κ1) is 18.5. The average molecular weight is 393 g/mol. The molecule has 0 bridgehead atoms. The van der Waals surface area contributed by atoms with E-state index in [1.54, 1.807) is 25.2 Å². The summed E-state index contributed by atoms with van der Waals surface area (Å²) < 4.78 is 28.0. The van der Waals surface area contributed by atoms with Gasteiger partial charge in [-0.15, -0.1) is 14.6 Å². The van der Waals surface area contributed by atoms with Crippen molar-refractivity contribution >= 4 is 38.2 Å². The third kappa shape index (κ3) is 3.91. The predicted octanol–water partition coefficient (Wildman–Crippen LogP) is 1.76. The number of nitrogens with one attached hydrogen (secondary N) is 1. The number of benzene rings is 1. The predicted molar refractivity (Wildman–Crippen MR) is 99.9 cm³/mol. The van der Waals surface area contributed by atoms with Crippen LogP contribution in [0.25, 0.3) is 0 Å². The Kier molecular flexibility index (Phi) is 5.05. The van der Waals surface area contributed by atoms with E-state index in [4.69, 9.17) is 0 Å². The molecule has 138 valence electrons. The molecule has 0 fully saturated rings. The second-order valence-corrected chi connectivity index (χ2v) is 9.02. The summed E-state index contributed by atoms with van der Waals surface area (Å²) in [6, 6.07) is 6.56. The van der Waals surface area contributed by atoms with Gasteiger partial charge in [-0.2, -0.15) is 8.42 Å². The molecule has 1 N–H and O–H groups in total. The van der Waals surface area contributed by atoms with E-state index in [9.17, 15) is 13.2 Å². The molecule has 1 amide bonds. The number of hydrogen-bond donors (Lipinski definition) is 1. The normalized spacial score (nSPS) is 14.8. The molecule has 26 heavy (non-hydrogen) atoms. The van der Waals surface area contributed by atoms with Crippen LogP contribution in [0, 0.1) is 5.92 Å². The summed E-state index contributed by atoms with van der Waals surface area (Å²) in [5.41, 5.74) is 0.498. The number of likely N-dealkylation sites (N-methyl/N-ethyl adjacent to an activating group) is 1. The van der Waals surface area contributed by atoms with Crippen molar-refractivity contribution in [2.75, 3.05) is 18.9 Å². The molecule has 0 atom stereocenters. The van der Waals surface area contributed by atoms with Crippen LogP contribution in [0.2, 0.25) is 0 Å². The highest BCUT2D eigenvalue weighted by Gasteiger charge is 2.31. The summed E-state index contributed by atoms with van der Waals surface area (Å²) in [7, 11) is -2.08. The molecule has 8 nitrogen and oxygen atoms in total. The molecule has 0 unspecified atom stereocenters. The zero-order chi connectivity index (χ0) is 18.9. The molecule has 0 aliphatic carbocycles. The number of amidine groups is 1. The molecule has 1 aromatic carbocycles. The van der Waals surface area contributed by atoms with E-state index in [1.165, 1.54) is 22.3 Å². The quantitative estimate of drug-likeness (QED) is 0.830. The van der Waals surface area contributed by atoms with Crippen LogP contribution in [0.5, 0.6) is 0 Å². The molecule has 2 heterocycles. The molecule has 0 saturated heterocycles. The lowest BCUT2D eigenvalue weighted by molar-refractivity contribution is -0.116. The highest BCUT2D eigenvalue weighted by atomic mass is 32.2. The van der Waals surface area contributed by atoms with Gasteiger partial charge >= 0.3 is 0 Å². The van der Waals surface area contributed by atoms with Crippen LogP contribution < -0.4 is 5.32 Å². The smallest absolute Gasteiger partial charge is 0.285 e. The Morgan fingerprint density at radius 1 is 1.27 bits per heavy atom. The van der Waals surface area contributed by atoms with Gasteiger partial charge in [0.25, 0.3) is 10.0 Å². The Morgan fingerprint density at radius 2 is 2.00 bits per heavy atom. The number of carbonyl (C=O) groups excluding carboxylic acids is 1. The van der Waals surface area contributed by atoms with Crippen molar-refractivity contribution in [3.05, 3.63) is 34.8 Å². The number of carbonyl (C=O) groups is 1. The number of aromatic nitrogens is 2. The Labute approximate surface area is 156 Å². The van der Waals surface area contributed by atoms with Gasteiger partial charge in [0.2, 0.25) is 11.0 Å². The standard InChI is InChI=1S/C16H19N5O3S2/c1-10(2)8-14-18-19-16(25-14)17-13(22)9-21(3)15-11-6-4-5-7-12(11)26(23,24)20-15/h4-7,10H,8-9H2,1-3H3,(H,17,19,22). The number of nitrogens with zero attached hydrogens (tertiary/aromatic N) is 4. The number of hydrogen-bond acceptors (Lipinski definition) is 7. The number of fused-ring (bicyclic) bond motifs is 1. The fourth-order valence-electron chi connectivity index (χ4n) is 2.55. The van der Waals surface area contributed by atoms with E-state index in [0.29, 0.717) is 16.6 Å². The summed E-state index contributed by atoms with van der Waals surface area (Å²) in [6.45, 7) is 4.12. The Balaban J connectivity index is 1.68. The Hall–Kier alpha value is -2.33. The van der Waals surface area contributed by atoms with Gasteiger partial charge in [-0.3, -0.25) is 10.1 Å². The molecule has 3 rings (SSSR count). The maximum atomic E-state index is 12.3. The van der Waals surface area contributed by atoms with Crippen LogP contribution in [-0.2, 0) is 21.2 Å². The van der Waals surface area contributed by atoms with E-state index < -0.39 is 10.0 Å². The Morgan fingerprint density at radius 3 is 2.73 bits per heavy atom. The number of sulfonamides is 1. The lowest BCUT2D eigenvalue weighted by Crippen LogP contribution is -2.34. The van der Waals surface area contributed by atoms with E-state index in [1.807, 2.05) is 0 Å². The first-order valence-corrected chi connectivity index (χ1v) is 10.3. The van der Waals surface area contributed by atoms with Crippen molar-refractivity contribution in [3.63, 3.8) is 0 Å². The fraction of sp³-hybridized carbons (Fsp3) is 0.375. The van der Waals surface area contributed by atoms with E-state index >= 15 is 0 Å². The Bertz CT molecular complexity index is 966. The van der Waals surface area contributed by atoms with Crippen LogP contribution in [0.3, 0.4) is 0 Å². The minimum absolute atomic E-state index is 0.0538. The van der Waals surface area contributed by atoms with Gasteiger partial charge in [0.1, 0.15) is 9.90 Å². The minimum Gasteiger partial charge on any atom is -0.349 e. The van der Waals surface area contributed by atoms with Crippen LogP contribution in [0.1, 0.15) is 24.4 Å². The molecule has 0 saturated carbocycles. The highest BCUT2D eigenvalue weighted by molar-refractivity contribution is 7.90. The molecular weight excluding hydrogens is 374 g/mol. The first-order chi connectivity index (χ1) is 12.3. The van der Waals surface area contributed by atoms with Crippen molar-refractivity contribution < 1.29 is 13.2 Å². The lowest BCUT2D eigenvalue weighted by atomic mass is 10.1. The van der Waals surface area contributed by atoms with Gasteiger partial charge in [-0.1, -0.05) is 37.3 Å². The molecular formula is C16H19N5O3S2. The first-order valence-electron chi connectivity index (χ1n) is 8.04. The van der Waals surface area contributed by atoms with Gasteiger partial charge in [-0.25, -0.2) is 0 Å². The molecule has 1 aromatic heterocycles. The summed E-state index contributed by atoms with van der Waals surface area (Å²) in [5, 5.41) is 12.0.